The van der Waals surface area contributed by atoms with E-state index in [1.54, 1.807) is 24.3 Å². The molecule has 1 amide bonds. The van der Waals surface area contributed by atoms with E-state index in [1.165, 1.54) is 18.2 Å². The lowest BCUT2D eigenvalue weighted by Gasteiger charge is -2.16. The maximum absolute atomic E-state index is 13.8. The van der Waals surface area contributed by atoms with Crippen molar-refractivity contribution < 1.29 is 17.6 Å². The summed E-state index contributed by atoms with van der Waals surface area (Å²) < 4.78 is 40.8. The molecule has 4 rings (SSSR count). The molecule has 2 aliphatic carbocycles. The van der Waals surface area contributed by atoms with Gasteiger partial charge in [-0.05, 0) is 55.5 Å². The summed E-state index contributed by atoms with van der Waals surface area (Å²) in [6.45, 7) is 0. The van der Waals surface area contributed by atoms with Crippen molar-refractivity contribution >= 4 is 21.6 Å². The Kier molecular flexibility index (Phi) is 3.99. The van der Waals surface area contributed by atoms with E-state index in [0.717, 1.165) is 37.3 Å². The van der Waals surface area contributed by atoms with Crippen LogP contribution in [0.4, 0.5) is 10.1 Å². The average Bonchev–Trinajstić information content (AvgIpc) is 3.50. The van der Waals surface area contributed by atoms with Gasteiger partial charge in [0.1, 0.15) is 10.7 Å². The van der Waals surface area contributed by atoms with Crippen molar-refractivity contribution in [2.45, 2.75) is 42.0 Å². The van der Waals surface area contributed by atoms with E-state index in [1.807, 2.05) is 0 Å². The number of carbonyl (C=O) groups excluding carboxylic acids is 1. The predicted molar refractivity (Wildman–Crippen MR) is 95.7 cm³/mol. The molecule has 0 aromatic heterocycles. The molecule has 136 valence electrons. The van der Waals surface area contributed by atoms with Crippen LogP contribution in [-0.4, -0.2) is 20.4 Å². The molecule has 0 heterocycles. The highest BCUT2D eigenvalue weighted by atomic mass is 32.2. The number of halogens is 1. The summed E-state index contributed by atoms with van der Waals surface area (Å²) in [5, 5.41) is 3.04. The van der Waals surface area contributed by atoms with Crippen LogP contribution in [0.5, 0.6) is 0 Å². The van der Waals surface area contributed by atoms with Crippen molar-refractivity contribution in [3.05, 3.63) is 59.9 Å². The molecular formula is C19H19FN2O3S. The minimum Gasteiger partial charge on any atom is -0.353 e. The number of benzene rings is 2. The molecule has 2 aliphatic rings. The lowest BCUT2D eigenvalue weighted by atomic mass is 9.95. The molecule has 0 atom stereocenters. The number of carbonyl (C=O) groups is 1. The van der Waals surface area contributed by atoms with Crippen LogP contribution in [0.2, 0.25) is 0 Å². The highest BCUT2D eigenvalue weighted by Crippen LogP contribution is 2.49. The van der Waals surface area contributed by atoms with Gasteiger partial charge in [-0.2, -0.15) is 0 Å². The fourth-order valence-electron chi connectivity index (χ4n) is 3.05. The van der Waals surface area contributed by atoms with Crippen molar-refractivity contribution in [3.8, 4) is 0 Å². The highest BCUT2D eigenvalue weighted by molar-refractivity contribution is 7.92. The van der Waals surface area contributed by atoms with Gasteiger partial charge in [-0.15, -0.1) is 0 Å². The number of nitrogens with one attached hydrogen (secondary N) is 2. The smallest absolute Gasteiger partial charge is 0.264 e. The lowest BCUT2D eigenvalue weighted by Crippen LogP contribution is -2.36. The second-order valence-electron chi connectivity index (χ2n) is 6.94. The normalized spacial score (nSPS) is 18.2. The van der Waals surface area contributed by atoms with Gasteiger partial charge in [0.25, 0.3) is 10.0 Å². The molecule has 2 fully saturated rings. The largest absolute Gasteiger partial charge is 0.353 e. The molecule has 0 radical (unpaired) electrons. The highest BCUT2D eigenvalue weighted by Gasteiger charge is 2.52. The second-order valence-corrected chi connectivity index (χ2v) is 8.59. The zero-order valence-electron chi connectivity index (χ0n) is 14.0. The molecule has 0 bridgehead atoms. The van der Waals surface area contributed by atoms with Gasteiger partial charge in [-0.3, -0.25) is 9.52 Å². The first-order chi connectivity index (χ1) is 12.4. The van der Waals surface area contributed by atoms with Gasteiger partial charge < -0.3 is 5.32 Å². The van der Waals surface area contributed by atoms with Gasteiger partial charge in [-0.25, -0.2) is 12.8 Å². The Labute approximate surface area is 151 Å². The molecule has 0 spiro atoms. The molecule has 2 saturated carbocycles. The van der Waals surface area contributed by atoms with Crippen LogP contribution in [-0.2, 0) is 20.2 Å². The SMILES string of the molecule is O=C(NC1CC1)C1(c2ccc(NS(=O)(=O)c3ccccc3F)cc2)CC1. The summed E-state index contributed by atoms with van der Waals surface area (Å²) in [6.07, 6.45) is 3.68. The van der Waals surface area contributed by atoms with E-state index in [2.05, 4.69) is 10.0 Å². The van der Waals surface area contributed by atoms with Gasteiger partial charge in [0.2, 0.25) is 5.91 Å². The Hall–Kier alpha value is -2.41. The van der Waals surface area contributed by atoms with Crippen molar-refractivity contribution in [2.75, 3.05) is 4.72 Å². The van der Waals surface area contributed by atoms with Crippen molar-refractivity contribution in [3.63, 3.8) is 0 Å². The Bertz CT molecular complexity index is 949. The summed E-state index contributed by atoms with van der Waals surface area (Å²) in [5.41, 5.74) is 0.728. The van der Waals surface area contributed by atoms with E-state index in [4.69, 9.17) is 0 Å². The summed E-state index contributed by atoms with van der Waals surface area (Å²) in [4.78, 5) is 12.1. The molecule has 5 nitrogen and oxygen atoms in total. The number of anilines is 1. The van der Waals surface area contributed by atoms with Crippen molar-refractivity contribution in [1.82, 2.24) is 5.32 Å². The van der Waals surface area contributed by atoms with Crippen LogP contribution < -0.4 is 10.0 Å². The molecule has 7 heteroatoms. The molecule has 0 unspecified atom stereocenters. The summed E-state index contributed by atoms with van der Waals surface area (Å²) >= 11 is 0. The standard InChI is InChI=1S/C19H19FN2O3S/c20-16-3-1-2-4-17(16)26(24,25)22-15-7-5-13(6-8-15)19(11-12-19)18(23)21-14-9-10-14/h1-8,14,22H,9-12H2,(H,21,23). The Morgan fingerprint density at radius 3 is 2.27 bits per heavy atom. The number of amides is 1. The minimum atomic E-state index is -4.00. The van der Waals surface area contributed by atoms with E-state index in [0.29, 0.717) is 11.7 Å². The van der Waals surface area contributed by atoms with Crippen molar-refractivity contribution in [2.24, 2.45) is 0 Å². The topological polar surface area (TPSA) is 75.3 Å². The first-order valence-corrected chi connectivity index (χ1v) is 10.1. The number of hydrogen-bond donors (Lipinski definition) is 2. The number of sulfonamides is 1. The average molecular weight is 374 g/mol. The summed E-state index contributed by atoms with van der Waals surface area (Å²) in [7, 11) is -4.00. The molecule has 0 aliphatic heterocycles. The van der Waals surface area contributed by atoms with Gasteiger partial charge in [0.15, 0.2) is 0 Å². The van der Waals surface area contributed by atoms with Crippen LogP contribution in [0, 0.1) is 5.82 Å². The van der Waals surface area contributed by atoms with Crippen LogP contribution in [0.25, 0.3) is 0 Å². The molecule has 26 heavy (non-hydrogen) atoms. The van der Waals surface area contributed by atoms with Gasteiger partial charge in [0, 0.05) is 11.7 Å². The van der Waals surface area contributed by atoms with Gasteiger partial charge in [0.05, 0.1) is 5.41 Å². The zero-order chi connectivity index (χ0) is 18.4. The third-order valence-electron chi connectivity index (χ3n) is 4.91. The molecule has 2 aromatic rings. The van der Waals surface area contributed by atoms with Crippen LogP contribution >= 0.6 is 0 Å². The summed E-state index contributed by atoms with van der Waals surface area (Å²) in [5.74, 6) is -0.745. The molecule has 0 saturated heterocycles. The Morgan fingerprint density at radius 2 is 1.69 bits per heavy atom. The van der Waals surface area contributed by atoms with E-state index in [9.17, 15) is 17.6 Å². The Balaban J connectivity index is 1.51. The third kappa shape index (κ3) is 3.19. The first-order valence-electron chi connectivity index (χ1n) is 8.60. The fourth-order valence-corrected chi connectivity index (χ4v) is 4.19. The van der Waals surface area contributed by atoms with Crippen LogP contribution in [0.15, 0.2) is 53.4 Å². The van der Waals surface area contributed by atoms with E-state index < -0.39 is 26.2 Å². The first kappa shape index (κ1) is 17.0. The maximum atomic E-state index is 13.8. The van der Waals surface area contributed by atoms with Gasteiger partial charge >= 0.3 is 0 Å². The number of hydrogen-bond acceptors (Lipinski definition) is 3. The molecular weight excluding hydrogens is 355 g/mol. The van der Waals surface area contributed by atoms with E-state index in [-0.39, 0.29) is 5.91 Å². The van der Waals surface area contributed by atoms with Crippen LogP contribution in [0.3, 0.4) is 0 Å². The van der Waals surface area contributed by atoms with Gasteiger partial charge in [-0.1, -0.05) is 24.3 Å². The predicted octanol–water partition coefficient (Wildman–Crippen LogP) is 2.94. The second kappa shape index (κ2) is 6.09. The molecule has 2 aromatic carbocycles. The lowest BCUT2D eigenvalue weighted by molar-refractivity contribution is -0.123. The van der Waals surface area contributed by atoms with Crippen LogP contribution in [0.1, 0.15) is 31.2 Å². The van der Waals surface area contributed by atoms with Crippen molar-refractivity contribution in [1.29, 1.82) is 0 Å². The Morgan fingerprint density at radius 1 is 1.04 bits per heavy atom. The monoisotopic (exact) mass is 374 g/mol. The minimum absolute atomic E-state index is 0.0553. The molecule has 2 N–H and O–H groups in total. The van der Waals surface area contributed by atoms with E-state index >= 15 is 0 Å². The fraction of sp³-hybridized carbons (Fsp3) is 0.316. The number of rotatable bonds is 6. The zero-order valence-corrected chi connectivity index (χ0v) is 14.9. The summed E-state index contributed by atoms with van der Waals surface area (Å²) in [6, 6.07) is 12.3. The third-order valence-corrected chi connectivity index (χ3v) is 6.33. The quantitative estimate of drug-likeness (QED) is 0.816. The maximum Gasteiger partial charge on any atom is 0.264 e.